The van der Waals surface area contributed by atoms with Gasteiger partial charge in [-0.1, -0.05) is 0 Å². The van der Waals surface area contributed by atoms with Crippen LogP contribution in [-0.2, 0) is 0 Å². The first kappa shape index (κ1) is 12.9. The van der Waals surface area contributed by atoms with E-state index in [4.69, 9.17) is 17.3 Å². The number of nitrogen functional groups attached to an aromatic ring is 1. The topological polar surface area (TPSA) is 80.0 Å². The molecule has 0 unspecified atom stereocenters. The largest absolute Gasteiger partial charge is 0.372 e. The number of halogens is 1. The number of nitrogens with one attached hydrogen (secondary N) is 1. The fourth-order valence-electron chi connectivity index (χ4n) is 2.28. The molecular weight excluding hydrogens is 276 g/mol. The van der Waals surface area contributed by atoms with Gasteiger partial charge in [0, 0.05) is 24.5 Å². The number of anilines is 4. The van der Waals surface area contributed by atoms with Gasteiger partial charge in [0.1, 0.15) is 0 Å². The number of aromatic nitrogens is 3. The van der Waals surface area contributed by atoms with Crippen LogP contribution in [0.5, 0.6) is 0 Å². The number of nitrogens with two attached hydrogens (primary N) is 1. The Labute approximate surface area is 122 Å². The summed E-state index contributed by atoms with van der Waals surface area (Å²) in [6, 6.07) is 8.14. The van der Waals surface area contributed by atoms with E-state index < -0.39 is 0 Å². The van der Waals surface area contributed by atoms with Gasteiger partial charge in [-0.25, -0.2) is 0 Å². The molecule has 0 bridgehead atoms. The molecule has 0 spiro atoms. The SMILES string of the molecule is Nc1nc(Cl)nc(Nc2ccc(N3CCCC3)cc2)n1. The van der Waals surface area contributed by atoms with Crippen LogP contribution < -0.4 is 16.0 Å². The summed E-state index contributed by atoms with van der Waals surface area (Å²) in [5, 5.41) is 3.14. The number of rotatable bonds is 3. The Morgan fingerprint density at radius 2 is 1.75 bits per heavy atom. The first-order valence-electron chi connectivity index (χ1n) is 6.50. The van der Waals surface area contributed by atoms with E-state index in [1.54, 1.807) is 0 Å². The predicted octanol–water partition coefficient (Wildman–Crippen LogP) is 2.45. The molecule has 7 heteroatoms. The van der Waals surface area contributed by atoms with Gasteiger partial charge >= 0.3 is 0 Å². The third-order valence-corrected chi connectivity index (χ3v) is 3.39. The van der Waals surface area contributed by atoms with Crippen LogP contribution in [0.15, 0.2) is 24.3 Å². The summed E-state index contributed by atoms with van der Waals surface area (Å²) < 4.78 is 0. The number of hydrogen-bond donors (Lipinski definition) is 2. The minimum absolute atomic E-state index is 0.0775. The van der Waals surface area contributed by atoms with Crippen molar-refractivity contribution in [1.82, 2.24) is 15.0 Å². The highest BCUT2D eigenvalue weighted by atomic mass is 35.5. The molecule has 3 N–H and O–H groups in total. The standard InChI is InChI=1S/C13H15ClN6/c14-11-17-12(15)19-13(18-11)16-9-3-5-10(6-4-9)20-7-1-2-8-20/h3-6H,1-2,7-8H2,(H3,15,16,17,18,19). The van der Waals surface area contributed by atoms with Crippen molar-refractivity contribution >= 4 is 34.9 Å². The van der Waals surface area contributed by atoms with Crippen LogP contribution in [0.4, 0.5) is 23.3 Å². The zero-order valence-electron chi connectivity index (χ0n) is 10.9. The molecule has 2 aromatic rings. The smallest absolute Gasteiger partial charge is 0.233 e. The molecule has 1 fully saturated rings. The molecule has 3 rings (SSSR count). The van der Waals surface area contributed by atoms with Crippen molar-refractivity contribution in [3.05, 3.63) is 29.5 Å². The normalized spacial score (nSPS) is 14.6. The van der Waals surface area contributed by atoms with Crippen molar-refractivity contribution < 1.29 is 0 Å². The highest BCUT2D eigenvalue weighted by molar-refractivity contribution is 6.28. The average molecular weight is 291 g/mol. The van der Waals surface area contributed by atoms with Gasteiger partial charge in [0.15, 0.2) is 0 Å². The molecule has 1 saturated heterocycles. The number of benzene rings is 1. The average Bonchev–Trinajstić information content (AvgIpc) is 2.92. The zero-order valence-corrected chi connectivity index (χ0v) is 11.6. The molecule has 0 saturated carbocycles. The molecule has 1 aromatic heterocycles. The zero-order chi connectivity index (χ0) is 13.9. The summed E-state index contributed by atoms with van der Waals surface area (Å²) in [5.74, 6) is 0.442. The maximum atomic E-state index is 5.74. The first-order chi connectivity index (χ1) is 9.70. The van der Waals surface area contributed by atoms with E-state index in [9.17, 15) is 0 Å². The lowest BCUT2D eigenvalue weighted by molar-refractivity contribution is 0.949. The fourth-order valence-corrected chi connectivity index (χ4v) is 2.45. The maximum Gasteiger partial charge on any atom is 0.233 e. The van der Waals surface area contributed by atoms with Gasteiger partial charge in [-0.2, -0.15) is 15.0 Å². The molecule has 1 aromatic carbocycles. The van der Waals surface area contributed by atoms with E-state index in [1.807, 2.05) is 12.1 Å². The summed E-state index contributed by atoms with van der Waals surface area (Å²) in [5.41, 5.74) is 7.65. The van der Waals surface area contributed by atoms with Crippen molar-refractivity contribution in [3.8, 4) is 0 Å². The van der Waals surface area contributed by atoms with Gasteiger partial charge in [0.05, 0.1) is 0 Å². The van der Waals surface area contributed by atoms with Crippen molar-refractivity contribution in [1.29, 1.82) is 0 Å². The Morgan fingerprint density at radius 3 is 2.40 bits per heavy atom. The van der Waals surface area contributed by atoms with Crippen molar-refractivity contribution in [3.63, 3.8) is 0 Å². The second-order valence-electron chi connectivity index (χ2n) is 4.65. The summed E-state index contributed by atoms with van der Waals surface area (Å²) in [6.07, 6.45) is 2.53. The van der Waals surface area contributed by atoms with E-state index in [0.29, 0.717) is 5.95 Å². The Morgan fingerprint density at radius 1 is 1.05 bits per heavy atom. The number of hydrogen-bond acceptors (Lipinski definition) is 6. The molecule has 20 heavy (non-hydrogen) atoms. The van der Waals surface area contributed by atoms with Crippen LogP contribution in [0.3, 0.4) is 0 Å². The van der Waals surface area contributed by atoms with Crippen LogP contribution in [0.2, 0.25) is 5.28 Å². The van der Waals surface area contributed by atoms with Gasteiger partial charge in [0.25, 0.3) is 0 Å². The molecule has 0 radical (unpaired) electrons. The van der Waals surface area contributed by atoms with E-state index >= 15 is 0 Å². The Balaban J connectivity index is 1.74. The predicted molar refractivity (Wildman–Crippen MR) is 80.4 cm³/mol. The number of nitrogens with zero attached hydrogens (tertiary/aromatic N) is 4. The van der Waals surface area contributed by atoms with Crippen molar-refractivity contribution in [2.24, 2.45) is 0 Å². The Bertz CT molecular complexity index is 574. The van der Waals surface area contributed by atoms with Crippen molar-refractivity contribution in [2.75, 3.05) is 29.0 Å². The third kappa shape index (κ3) is 2.91. The van der Waals surface area contributed by atoms with Gasteiger partial charge in [-0.05, 0) is 48.7 Å². The minimum Gasteiger partial charge on any atom is -0.372 e. The minimum atomic E-state index is 0.0775. The molecule has 104 valence electrons. The second-order valence-corrected chi connectivity index (χ2v) is 4.99. The fraction of sp³-hybridized carbons (Fsp3) is 0.308. The van der Waals surface area contributed by atoms with Crippen LogP contribution >= 0.6 is 11.6 Å². The second kappa shape index (κ2) is 5.50. The van der Waals surface area contributed by atoms with Crippen LogP contribution in [0, 0.1) is 0 Å². The quantitative estimate of drug-likeness (QED) is 0.904. The Kier molecular flexibility index (Phi) is 3.56. The maximum absolute atomic E-state index is 5.74. The lowest BCUT2D eigenvalue weighted by atomic mass is 10.2. The molecule has 0 atom stereocenters. The molecular formula is C13H15ClN6. The lowest BCUT2D eigenvalue weighted by Gasteiger charge is -2.17. The van der Waals surface area contributed by atoms with E-state index in [-0.39, 0.29) is 11.2 Å². The lowest BCUT2D eigenvalue weighted by Crippen LogP contribution is -2.17. The van der Waals surface area contributed by atoms with E-state index in [0.717, 1.165) is 18.8 Å². The first-order valence-corrected chi connectivity index (χ1v) is 6.87. The Hall–Kier alpha value is -2.08. The van der Waals surface area contributed by atoms with Gasteiger partial charge in [-0.15, -0.1) is 0 Å². The molecule has 1 aliphatic rings. The van der Waals surface area contributed by atoms with Crippen LogP contribution in [-0.4, -0.2) is 28.0 Å². The van der Waals surface area contributed by atoms with Gasteiger partial charge in [0.2, 0.25) is 17.2 Å². The van der Waals surface area contributed by atoms with Gasteiger partial charge in [-0.3, -0.25) is 0 Å². The summed E-state index contributed by atoms with van der Waals surface area (Å²) in [7, 11) is 0. The van der Waals surface area contributed by atoms with Crippen molar-refractivity contribution in [2.45, 2.75) is 12.8 Å². The van der Waals surface area contributed by atoms with Gasteiger partial charge < -0.3 is 16.0 Å². The highest BCUT2D eigenvalue weighted by Crippen LogP contribution is 2.23. The summed E-state index contributed by atoms with van der Waals surface area (Å²) in [4.78, 5) is 14.0. The van der Waals surface area contributed by atoms with Crippen LogP contribution in [0.1, 0.15) is 12.8 Å². The van der Waals surface area contributed by atoms with E-state index in [1.165, 1.54) is 18.5 Å². The molecule has 6 nitrogen and oxygen atoms in total. The van der Waals surface area contributed by atoms with E-state index in [2.05, 4.69) is 37.3 Å². The summed E-state index contributed by atoms with van der Waals surface area (Å²) in [6.45, 7) is 2.26. The van der Waals surface area contributed by atoms with Crippen LogP contribution in [0.25, 0.3) is 0 Å². The monoisotopic (exact) mass is 290 g/mol. The third-order valence-electron chi connectivity index (χ3n) is 3.22. The molecule has 2 heterocycles. The highest BCUT2D eigenvalue weighted by Gasteiger charge is 2.12. The molecule has 0 aliphatic carbocycles. The summed E-state index contributed by atoms with van der Waals surface area (Å²) >= 11 is 5.74. The molecule has 0 amide bonds. The molecule has 1 aliphatic heterocycles.